The molecular weight excluding hydrogens is 325 g/mol. The number of sulfonamides is 1. The summed E-state index contributed by atoms with van der Waals surface area (Å²) in [6.45, 7) is 1.76. The molecule has 1 aliphatic heterocycles. The minimum Gasteiger partial charge on any atom is -0.383 e. The summed E-state index contributed by atoms with van der Waals surface area (Å²) in [6, 6.07) is 0. The summed E-state index contributed by atoms with van der Waals surface area (Å²) in [5, 5.41) is 7.95. The molecule has 130 valence electrons. The Hall–Kier alpha value is -0.870. The highest BCUT2D eigenvalue weighted by Gasteiger charge is 2.56. The normalized spacial score (nSPS) is 25.1. The molecule has 0 aliphatic carbocycles. The number of hydrogen-bond acceptors (Lipinski definition) is 4. The van der Waals surface area contributed by atoms with E-state index in [4.69, 9.17) is 0 Å². The van der Waals surface area contributed by atoms with E-state index in [1.165, 1.54) is 0 Å². The molecular formula is C12H21F3N2O4S. The van der Waals surface area contributed by atoms with Crippen LogP contribution in [0.25, 0.3) is 0 Å². The first kappa shape index (κ1) is 19.2. The Morgan fingerprint density at radius 3 is 2.14 bits per heavy atom. The number of halogens is 3. The minimum absolute atomic E-state index is 0.471. The van der Waals surface area contributed by atoms with Crippen LogP contribution in [0.15, 0.2) is 0 Å². The van der Waals surface area contributed by atoms with Crippen LogP contribution in [-0.2, 0) is 14.8 Å². The van der Waals surface area contributed by atoms with Gasteiger partial charge >= 0.3 is 6.18 Å². The number of hydrogen-bond donors (Lipinski definition) is 1. The van der Waals surface area contributed by atoms with Crippen LogP contribution in [0.3, 0.4) is 0 Å². The average Bonchev–Trinajstić information content (AvgIpc) is 2.82. The summed E-state index contributed by atoms with van der Waals surface area (Å²) in [6.07, 6.45) is -6.19. The lowest BCUT2D eigenvalue weighted by atomic mass is 10.1. The van der Waals surface area contributed by atoms with Crippen molar-refractivity contribution in [2.45, 2.75) is 31.4 Å². The van der Waals surface area contributed by atoms with Crippen molar-refractivity contribution in [2.24, 2.45) is 11.8 Å². The summed E-state index contributed by atoms with van der Waals surface area (Å²) in [5.41, 5.74) is 0. The number of aliphatic hydroxyl groups excluding tert-OH is 1. The molecule has 0 unspecified atom stereocenters. The van der Waals surface area contributed by atoms with E-state index in [0.29, 0.717) is 0 Å². The maximum Gasteiger partial charge on any atom is 0.394 e. The molecule has 1 N–H and O–H groups in total. The Labute approximate surface area is 127 Å². The molecule has 1 heterocycles. The summed E-state index contributed by atoms with van der Waals surface area (Å²) in [7, 11) is -1.89. The summed E-state index contributed by atoms with van der Waals surface area (Å²) in [4.78, 5) is 12.8. The van der Waals surface area contributed by atoms with E-state index < -0.39 is 58.4 Å². The molecule has 6 nitrogen and oxygen atoms in total. The number of rotatable bonds is 4. The number of amides is 1. The number of carbonyl (C=O) groups excluding carboxylic acids is 1. The standard InChI is InChI=1S/C12H21F3N2O4S/c1-7(2)10(18)11(19)17-5-8(12(13,14)15)9(6-17)22(20,21)16(3)4/h7-10,18H,5-6H2,1-4H3/t8-,9-,10+/m0/s1. The van der Waals surface area contributed by atoms with Crippen molar-refractivity contribution in [3.63, 3.8) is 0 Å². The van der Waals surface area contributed by atoms with E-state index in [-0.39, 0.29) is 0 Å². The topological polar surface area (TPSA) is 77.9 Å². The van der Waals surface area contributed by atoms with Crippen molar-refractivity contribution >= 4 is 15.9 Å². The molecule has 0 aromatic carbocycles. The predicted molar refractivity (Wildman–Crippen MR) is 73.4 cm³/mol. The molecule has 22 heavy (non-hydrogen) atoms. The molecule has 1 saturated heterocycles. The molecule has 0 aromatic rings. The van der Waals surface area contributed by atoms with Crippen molar-refractivity contribution in [3.8, 4) is 0 Å². The van der Waals surface area contributed by atoms with E-state index in [1.807, 2.05) is 0 Å². The maximum absolute atomic E-state index is 13.1. The van der Waals surface area contributed by atoms with E-state index in [9.17, 15) is 31.5 Å². The zero-order chi connectivity index (χ0) is 17.5. The quantitative estimate of drug-likeness (QED) is 0.793. The van der Waals surface area contributed by atoms with Gasteiger partial charge in [0.15, 0.2) is 0 Å². The van der Waals surface area contributed by atoms with Crippen molar-refractivity contribution in [1.82, 2.24) is 9.21 Å². The van der Waals surface area contributed by atoms with Gasteiger partial charge in [-0.05, 0) is 5.92 Å². The van der Waals surface area contributed by atoms with Gasteiger partial charge in [0.05, 0.1) is 5.92 Å². The highest BCUT2D eigenvalue weighted by atomic mass is 32.2. The fourth-order valence-corrected chi connectivity index (χ4v) is 3.88. The van der Waals surface area contributed by atoms with E-state index in [2.05, 4.69) is 0 Å². The molecule has 1 amide bonds. The van der Waals surface area contributed by atoms with Crippen LogP contribution in [-0.4, -0.2) is 73.4 Å². The van der Waals surface area contributed by atoms with Crippen molar-refractivity contribution < 1.29 is 31.5 Å². The van der Waals surface area contributed by atoms with Crippen molar-refractivity contribution in [1.29, 1.82) is 0 Å². The number of nitrogens with zero attached hydrogens (tertiary/aromatic N) is 2. The van der Waals surface area contributed by atoms with Crippen LogP contribution in [0.4, 0.5) is 13.2 Å². The Morgan fingerprint density at radius 1 is 1.27 bits per heavy atom. The highest BCUT2D eigenvalue weighted by molar-refractivity contribution is 7.89. The highest BCUT2D eigenvalue weighted by Crippen LogP contribution is 2.38. The molecule has 1 rings (SSSR count). The number of aliphatic hydroxyl groups is 1. The van der Waals surface area contributed by atoms with Crippen LogP contribution in [0.5, 0.6) is 0 Å². The smallest absolute Gasteiger partial charge is 0.383 e. The van der Waals surface area contributed by atoms with Crippen LogP contribution in [0.2, 0.25) is 0 Å². The van der Waals surface area contributed by atoms with Gasteiger partial charge < -0.3 is 10.0 Å². The number of likely N-dealkylation sites (tertiary alicyclic amines) is 1. The summed E-state index contributed by atoms with van der Waals surface area (Å²) < 4.78 is 64.3. The molecule has 0 aromatic heterocycles. The second kappa shape index (κ2) is 6.32. The van der Waals surface area contributed by atoms with Crippen LogP contribution in [0.1, 0.15) is 13.8 Å². The van der Waals surface area contributed by atoms with Crippen LogP contribution >= 0.6 is 0 Å². The van der Waals surface area contributed by atoms with Gasteiger partial charge in [-0.2, -0.15) is 13.2 Å². The minimum atomic E-state index is -4.74. The lowest BCUT2D eigenvalue weighted by Crippen LogP contribution is -2.43. The second-order valence-electron chi connectivity index (χ2n) is 5.95. The molecule has 0 spiro atoms. The lowest BCUT2D eigenvalue weighted by molar-refractivity contribution is -0.171. The van der Waals surface area contributed by atoms with Gasteiger partial charge in [0.1, 0.15) is 11.4 Å². The summed E-state index contributed by atoms with van der Waals surface area (Å²) >= 11 is 0. The van der Waals surface area contributed by atoms with Gasteiger partial charge in [0, 0.05) is 27.2 Å². The third-order valence-corrected chi connectivity index (χ3v) is 6.04. The Balaban J connectivity index is 3.11. The Morgan fingerprint density at radius 2 is 1.77 bits per heavy atom. The van der Waals surface area contributed by atoms with Crippen molar-refractivity contribution in [3.05, 3.63) is 0 Å². The molecule has 0 saturated carbocycles. The average molecular weight is 346 g/mol. The number of carbonyl (C=O) groups is 1. The molecule has 10 heteroatoms. The van der Waals surface area contributed by atoms with Gasteiger partial charge in [-0.3, -0.25) is 4.79 Å². The van der Waals surface area contributed by atoms with Gasteiger partial charge in [0.2, 0.25) is 10.0 Å². The molecule has 1 aliphatic rings. The first-order chi connectivity index (χ1) is 9.80. The lowest BCUT2D eigenvalue weighted by Gasteiger charge is -2.23. The van der Waals surface area contributed by atoms with Gasteiger partial charge in [-0.1, -0.05) is 13.8 Å². The third kappa shape index (κ3) is 3.72. The number of alkyl halides is 3. The maximum atomic E-state index is 13.1. The Bertz CT molecular complexity index is 519. The zero-order valence-electron chi connectivity index (χ0n) is 12.8. The van der Waals surface area contributed by atoms with E-state index in [1.54, 1.807) is 13.8 Å². The molecule has 3 atom stereocenters. The fraction of sp³-hybridized carbons (Fsp3) is 0.917. The first-order valence-corrected chi connectivity index (χ1v) is 8.25. The Kier molecular flexibility index (Phi) is 5.51. The van der Waals surface area contributed by atoms with Crippen LogP contribution < -0.4 is 0 Å². The molecule has 1 fully saturated rings. The van der Waals surface area contributed by atoms with E-state index in [0.717, 1.165) is 23.3 Å². The molecule has 0 bridgehead atoms. The van der Waals surface area contributed by atoms with Gasteiger partial charge in [-0.25, -0.2) is 12.7 Å². The van der Waals surface area contributed by atoms with Crippen molar-refractivity contribution in [2.75, 3.05) is 27.2 Å². The van der Waals surface area contributed by atoms with Gasteiger partial charge in [-0.15, -0.1) is 0 Å². The third-order valence-electron chi connectivity index (χ3n) is 3.77. The SMILES string of the molecule is CC(C)[C@@H](O)C(=O)N1C[C@H](C(F)(F)F)[C@@H](S(=O)(=O)N(C)C)C1. The second-order valence-corrected chi connectivity index (χ2v) is 8.31. The monoisotopic (exact) mass is 346 g/mol. The van der Waals surface area contributed by atoms with Gasteiger partial charge in [0.25, 0.3) is 5.91 Å². The fourth-order valence-electron chi connectivity index (χ4n) is 2.31. The first-order valence-electron chi connectivity index (χ1n) is 6.75. The van der Waals surface area contributed by atoms with Crippen LogP contribution in [0, 0.1) is 11.8 Å². The van der Waals surface area contributed by atoms with E-state index >= 15 is 0 Å². The predicted octanol–water partition coefficient (Wildman–Crippen LogP) is 0.284. The molecule has 0 radical (unpaired) electrons. The largest absolute Gasteiger partial charge is 0.394 e. The summed E-state index contributed by atoms with van der Waals surface area (Å²) in [5.74, 6) is -3.51. The zero-order valence-corrected chi connectivity index (χ0v) is 13.6.